The molecule has 2 atom stereocenters. The highest BCUT2D eigenvalue weighted by Gasteiger charge is 2.28. The lowest BCUT2D eigenvalue weighted by Gasteiger charge is -2.34. The van der Waals surface area contributed by atoms with Gasteiger partial charge in [0.15, 0.2) is 0 Å². The van der Waals surface area contributed by atoms with Gasteiger partial charge >= 0.3 is 5.97 Å². The van der Waals surface area contributed by atoms with Gasteiger partial charge < -0.3 is 19.5 Å². The van der Waals surface area contributed by atoms with Crippen molar-refractivity contribution in [3.05, 3.63) is 30.3 Å². The predicted octanol–water partition coefficient (Wildman–Crippen LogP) is 1.79. The van der Waals surface area contributed by atoms with Crippen LogP contribution >= 0.6 is 0 Å². The summed E-state index contributed by atoms with van der Waals surface area (Å²) in [6.07, 6.45) is 0.127. The molecule has 1 amide bonds. The van der Waals surface area contributed by atoms with Crippen molar-refractivity contribution in [1.29, 1.82) is 0 Å². The molecule has 0 spiro atoms. The van der Waals surface area contributed by atoms with Crippen LogP contribution in [0.5, 0.6) is 5.75 Å². The third-order valence-electron chi connectivity index (χ3n) is 3.84. The van der Waals surface area contributed by atoms with Crippen LogP contribution in [0.25, 0.3) is 0 Å². The summed E-state index contributed by atoms with van der Waals surface area (Å²) in [6.45, 7) is 3.59. The number of benzene rings is 1. The van der Waals surface area contributed by atoms with E-state index in [4.69, 9.17) is 14.6 Å². The number of hydrogen-bond acceptors (Lipinski definition) is 4. The van der Waals surface area contributed by atoms with Crippen molar-refractivity contribution in [3.63, 3.8) is 0 Å². The summed E-state index contributed by atoms with van der Waals surface area (Å²) >= 11 is 0. The Labute approximate surface area is 136 Å². The lowest BCUT2D eigenvalue weighted by molar-refractivity contribution is -0.149. The lowest BCUT2D eigenvalue weighted by Crippen LogP contribution is -2.48. The van der Waals surface area contributed by atoms with Crippen LogP contribution in [0, 0.1) is 5.92 Å². The van der Waals surface area contributed by atoms with Crippen LogP contribution in [0.2, 0.25) is 0 Å². The number of carboxylic acids is 1. The van der Waals surface area contributed by atoms with E-state index in [0.717, 1.165) is 5.75 Å². The van der Waals surface area contributed by atoms with Crippen LogP contribution in [0.15, 0.2) is 30.3 Å². The quantitative estimate of drug-likeness (QED) is 0.828. The normalized spacial score (nSPS) is 19.2. The average molecular weight is 321 g/mol. The number of morpholine rings is 1. The van der Waals surface area contributed by atoms with Crippen LogP contribution in [-0.4, -0.2) is 54.3 Å². The first kappa shape index (κ1) is 17.3. The van der Waals surface area contributed by atoms with Gasteiger partial charge in [0.2, 0.25) is 5.91 Å². The number of rotatable bonds is 7. The molecule has 23 heavy (non-hydrogen) atoms. The SMILES string of the molecule is C[C@H](CCOc1ccccc1)C(=O)N1CCO[C@@H](CC(=O)O)C1. The first-order valence-corrected chi connectivity index (χ1v) is 7.86. The second-order valence-corrected chi connectivity index (χ2v) is 5.73. The maximum Gasteiger partial charge on any atom is 0.306 e. The minimum Gasteiger partial charge on any atom is -0.494 e. The Morgan fingerprint density at radius 2 is 2.13 bits per heavy atom. The molecule has 1 N–H and O–H groups in total. The number of aliphatic carboxylic acids is 1. The zero-order chi connectivity index (χ0) is 16.7. The summed E-state index contributed by atoms with van der Waals surface area (Å²) in [7, 11) is 0. The molecule has 0 radical (unpaired) electrons. The Bertz CT molecular complexity index is 519. The highest BCUT2D eigenvalue weighted by Crippen LogP contribution is 2.15. The molecular formula is C17H23NO5. The van der Waals surface area contributed by atoms with Crippen molar-refractivity contribution in [3.8, 4) is 5.75 Å². The Morgan fingerprint density at radius 1 is 1.39 bits per heavy atom. The summed E-state index contributed by atoms with van der Waals surface area (Å²) in [5.74, 6) is -0.253. The number of nitrogens with zero attached hydrogens (tertiary/aromatic N) is 1. The van der Waals surface area contributed by atoms with E-state index in [2.05, 4.69) is 0 Å². The third kappa shape index (κ3) is 5.56. The fourth-order valence-corrected chi connectivity index (χ4v) is 2.54. The fraction of sp³-hybridized carbons (Fsp3) is 0.529. The van der Waals surface area contributed by atoms with Gasteiger partial charge in [0, 0.05) is 19.0 Å². The summed E-state index contributed by atoms with van der Waals surface area (Å²) < 4.78 is 11.0. The van der Waals surface area contributed by atoms with E-state index in [9.17, 15) is 9.59 Å². The van der Waals surface area contributed by atoms with Crippen LogP contribution in [-0.2, 0) is 14.3 Å². The molecule has 126 valence electrons. The number of carbonyl (C=O) groups is 2. The van der Waals surface area contributed by atoms with Crippen molar-refractivity contribution in [2.45, 2.75) is 25.9 Å². The van der Waals surface area contributed by atoms with Crippen molar-refractivity contribution >= 4 is 11.9 Å². The molecule has 1 fully saturated rings. The topological polar surface area (TPSA) is 76.1 Å². The maximum atomic E-state index is 12.4. The first-order valence-electron chi connectivity index (χ1n) is 7.86. The second-order valence-electron chi connectivity index (χ2n) is 5.73. The van der Waals surface area contributed by atoms with Crippen LogP contribution in [0.3, 0.4) is 0 Å². The summed E-state index contributed by atoms with van der Waals surface area (Å²) in [5, 5.41) is 8.82. The number of carbonyl (C=O) groups excluding carboxylic acids is 1. The number of hydrogen-bond donors (Lipinski definition) is 1. The Kier molecular flexibility index (Phi) is 6.40. The summed E-state index contributed by atoms with van der Waals surface area (Å²) in [6, 6.07) is 9.49. The number of amides is 1. The number of ether oxygens (including phenoxy) is 2. The van der Waals surface area contributed by atoms with Crippen molar-refractivity contribution in [2.75, 3.05) is 26.3 Å². The van der Waals surface area contributed by atoms with Gasteiger partial charge in [0.05, 0.1) is 25.7 Å². The molecule has 0 bridgehead atoms. The summed E-state index contributed by atoms with van der Waals surface area (Å²) in [5.41, 5.74) is 0. The third-order valence-corrected chi connectivity index (χ3v) is 3.84. The van der Waals surface area contributed by atoms with Crippen molar-refractivity contribution in [2.24, 2.45) is 5.92 Å². The zero-order valence-corrected chi connectivity index (χ0v) is 13.3. The summed E-state index contributed by atoms with van der Waals surface area (Å²) in [4.78, 5) is 24.9. The van der Waals surface area contributed by atoms with E-state index in [-0.39, 0.29) is 18.2 Å². The average Bonchev–Trinajstić information content (AvgIpc) is 2.54. The van der Waals surface area contributed by atoms with E-state index in [1.165, 1.54) is 0 Å². The highest BCUT2D eigenvalue weighted by atomic mass is 16.5. The molecule has 6 heteroatoms. The molecule has 1 aromatic rings. The molecular weight excluding hydrogens is 298 g/mol. The van der Waals surface area contributed by atoms with Gasteiger partial charge in [-0.2, -0.15) is 0 Å². The van der Waals surface area contributed by atoms with Crippen LogP contribution < -0.4 is 4.74 Å². The first-order chi connectivity index (χ1) is 11.1. The molecule has 0 saturated carbocycles. The standard InChI is InChI=1S/C17H23NO5/c1-13(7-9-22-14-5-3-2-4-6-14)17(21)18-8-10-23-15(12-18)11-16(19)20/h2-6,13,15H,7-12H2,1H3,(H,19,20)/t13-,15+/m1/s1. The molecule has 1 saturated heterocycles. The second kappa shape index (κ2) is 8.53. The van der Waals surface area contributed by atoms with Crippen molar-refractivity contribution in [1.82, 2.24) is 4.90 Å². The molecule has 1 heterocycles. The van der Waals surface area contributed by atoms with E-state index in [1.807, 2.05) is 37.3 Å². The van der Waals surface area contributed by atoms with Crippen LogP contribution in [0.4, 0.5) is 0 Å². The molecule has 0 aliphatic carbocycles. The predicted molar refractivity (Wildman–Crippen MR) is 84.3 cm³/mol. The molecule has 0 aromatic heterocycles. The Hall–Kier alpha value is -2.08. The maximum absolute atomic E-state index is 12.4. The fourth-order valence-electron chi connectivity index (χ4n) is 2.54. The smallest absolute Gasteiger partial charge is 0.306 e. The Morgan fingerprint density at radius 3 is 2.83 bits per heavy atom. The Balaban J connectivity index is 1.76. The molecule has 1 aliphatic heterocycles. The largest absolute Gasteiger partial charge is 0.494 e. The molecule has 6 nitrogen and oxygen atoms in total. The lowest BCUT2D eigenvalue weighted by atomic mass is 10.1. The molecule has 1 aliphatic rings. The van der Waals surface area contributed by atoms with Crippen molar-refractivity contribution < 1.29 is 24.2 Å². The van der Waals surface area contributed by atoms with Gasteiger partial charge in [-0.05, 0) is 18.6 Å². The van der Waals surface area contributed by atoms with Gasteiger partial charge in [-0.25, -0.2) is 0 Å². The minimum absolute atomic E-state index is 0.0281. The minimum atomic E-state index is -0.909. The van der Waals surface area contributed by atoms with Gasteiger partial charge in [-0.1, -0.05) is 25.1 Å². The van der Waals surface area contributed by atoms with E-state index < -0.39 is 12.1 Å². The van der Waals surface area contributed by atoms with E-state index in [1.54, 1.807) is 4.90 Å². The van der Waals surface area contributed by atoms with Gasteiger partial charge in [-0.15, -0.1) is 0 Å². The highest BCUT2D eigenvalue weighted by molar-refractivity contribution is 5.78. The zero-order valence-electron chi connectivity index (χ0n) is 13.3. The number of para-hydroxylation sites is 1. The molecule has 2 rings (SSSR count). The van der Waals surface area contributed by atoms with E-state index in [0.29, 0.717) is 32.7 Å². The number of carboxylic acid groups (broad SMARTS) is 1. The molecule has 0 unspecified atom stereocenters. The monoisotopic (exact) mass is 321 g/mol. The van der Waals surface area contributed by atoms with Gasteiger partial charge in [-0.3, -0.25) is 9.59 Å². The van der Waals surface area contributed by atoms with Crippen LogP contribution in [0.1, 0.15) is 19.8 Å². The van der Waals surface area contributed by atoms with E-state index >= 15 is 0 Å². The van der Waals surface area contributed by atoms with Gasteiger partial charge in [0.25, 0.3) is 0 Å². The molecule has 1 aromatic carbocycles. The van der Waals surface area contributed by atoms with Gasteiger partial charge in [0.1, 0.15) is 5.75 Å².